The van der Waals surface area contributed by atoms with Gasteiger partial charge in [-0.2, -0.15) is 0 Å². The number of nitrogens with two attached hydrogens (primary N) is 1. The number of allylic oxidation sites excluding steroid dienone is 7. The van der Waals surface area contributed by atoms with E-state index < -0.39 is 0 Å². The van der Waals surface area contributed by atoms with Crippen LogP contribution in [0.4, 0.5) is 9.18 Å². The number of nitrogens with zero attached hydrogens (tertiary/aromatic N) is 1. The highest BCUT2D eigenvalue weighted by atomic mass is 19.1. The third kappa shape index (κ3) is 10.0. The van der Waals surface area contributed by atoms with Gasteiger partial charge in [-0.3, -0.25) is 0 Å². The second-order valence-corrected chi connectivity index (χ2v) is 10.9. The highest BCUT2D eigenvalue weighted by molar-refractivity contribution is 5.78. The maximum atomic E-state index is 13.3. The molecule has 1 aliphatic rings. The molecule has 1 aromatic carbocycles. The Bertz CT molecular complexity index is 1180. The molecular weight excluding hydrogens is 497 g/mol. The third-order valence-electron chi connectivity index (χ3n) is 7.46. The zero-order chi connectivity index (χ0) is 29.7. The molecule has 2 amide bonds. The SMILES string of the molecule is CC/C=C(NC(=O)N1CC(C)=C(/C=C(\C=C(\C)CC)C(CCC)CCC)C1)/C(N)=C\C=C(/C)c1ccc(F)cc1. The smallest absolute Gasteiger partial charge is 0.322 e. The van der Waals surface area contributed by atoms with Crippen LogP contribution in [0.2, 0.25) is 0 Å². The van der Waals surface area contributed by atoms with Gasteiger partial charge in [-0.1, -0.05) is 82.5 Å². The van der Waals surface area contributed by atoms with Gasteiger partial charge in [0, 0.05) is 13.1 Å². The fourth-order valence-corrected chi connectivity index (χ4v) is 4.89. The molecule has 1 heterocycles. The van der Waals surface area contributed by atoms with Crippen LogP contribution in [0.3, 0.4) is 0 Å². The molecule has 0 fully saturated rings. The lowest BCUT2D eigenvalue weighted by atomic mass is 9.87. The van der Waals surface area contributed by atoms with E-state index in [0.717, 1.165) is 36.8 Å². The van der Waals surface area contributed by atoms with Crippen LogP contribution in [0.1, 0.15) is 92.6 Å². The lowest BCUT2D eigenvalue weighted by Crippen LogP contribution is -2.39. The zero-order valence-electron chi connectivity index (χ0n) is 25.7. The van der Waals surface area contributed by atoms with E-state index in [2.05, 4.69) is 52.1 Å². The molecular formula is C35H50FN3O. The van der Waals surface area contributed by atoms with Gasteiger partial charge in [0.2, 0.25) is 0 Å². The number of nitrogens with one attached hydrogen (secondary N) is 1. The lowest BCUT2D eigenvalue weighted by molar-refractivity contribution is 0.213. The van der Waals surface area contributed by atoms with Crippen LogP contribution >= 0.6 is 0 Å². The summed E-state index contributed by atoms with van der Waals surface area (Å²) in [4.78, 5) is 15.2. The highest BCUT2D eigenvalue weighted by Gasteiger charge is 2.24. The van der Waals surface area contributed by atoms with E-state index in [9.17, 15) is 9.18 Å². The highest BCUT2D eigenvalue weighted by Crippen LogP contribution is 2.29. The topological polar surface area (TPSA) is 58.4 Å². The maximum Gasteiger partial charge on any atom is 0.322 e. The average Bonchev–Trinajstić information content (AvgIpc) is 3.31. The summed E-state index contributed by atoms with van der Waals surface area (Å²) in [7, 11) is 0. The summed E-state index contributed by atoms with van der Waals surface area (Å²) in [6.45, 7) is 16.2. The van der Waals surface area contributed by atoms with Crippen LogP contribution < -0.4 is 11.1 Å². The Hall–Kier alpha value is -3.34. The molecule has 1 aliphatic heterocycles. The van der Waals surface area contributed by atoms with Crippen molar-refractivity contribution in [2.24, 2.45) is 11.7 Å². The van der Waals surface area contributed by atoms with Crippen LogP contribution in [0.25, 0.3) is 5.57 Å². The van der Waals surface area contributed by atoms with Crippen LogP contribution in [-0.4, -0.2) is 24.0 Å². The first-order chi connectivity index (χ1) is 19.1. The largest absolute Gasteiger partial charge is 0.397 e. The normalized spacial score (nSPS) is 15.9. The summed E-state index contributed by atoms with van der Waals surface area (Å²) in [6.07, 6.45) is 16.8. The molecule has 0 aromatic heterocycles. The molecule has 0 bridgehead atoms. The van der Waals surface area contributed by atoms with E-state index in [1.165, 1.54) is 47.3 Å². The average molecular weight is 548 g/mol. The number of carbonyl (C=O) groups is 1. The summed E-state index contributed by atoms with van der Waals surface area (Å²) < 4.78 is 13.3. The van der Waals surface area contributed by atoms with Gasteiger partial charge in [0.15, 0.2) is 0 Å². The first-order valence-corrected chi connectivity index (χ1v) is 14.9. The number of benzene rings is 1. The Labute approximate surface area is 242 Å². The van der Waals surface area contributed by atoms with Gasteiger partial charge in [0.25, 0.3) is 0 Å². The molecule has 218 valence electrons. The zero-order valence-corrected chi connectivity index (χ0v) is 25.7. The van der Waals surface area contributed by atoms with Crippen molar-refractivity contribution >= 4 is 11.6 Å². The molecule has 0 atom stereocenters. The van der Waals surface area contributed by atoms with Crippen molar-refractivity contribution in [3.05, 3.63) is 99.7 Å². The van der Waals surface area contributed by atoms with Crippen molar-refractivity contribution in [2.45, 2.75) is 87.0 Å². The van der Waals surface area contributed by atoms with Crippen molar-refractivity contribution < 1.29 is 9.18 Å². The number of rotatable bonds is 13. The Kier molecular flexibility index (Phi) is 13.7. The molecule has 1 aromatic rings. The van der Waals surface area contributed by atoms with E-state index in [0.29, 0.717) is 30.4 Å². The van der Waals surface area contributed by atoms with Crippen LogP contribution in [0.5, 0.6) is 0 Å². The van der Waals surface area contributed by atoms with Gasteiger partial charge >= 0.3 is 6.03 Å². The van der Waals surface area contributed by atoms with Crippen molar-refractivity contribution in [2.75, 3.05) is 13.1 Å². The molecule has 5 heteroatoms. The third-order valence-corrected chi connectivity index (χ3v) is 7.46. The molecule has 0 aliphatic carbocycles. The molecule has 0 radical (unpaired) electrons. The van der Waals surface area contributed by atoms with Gasteiger partial charge in [-0.15, -0.1) is 0 Å². The van der Waals surface area contributed by atoms with Crippen molar-refractivity contribution in [1.29, 1.82) is 0 Å². The molecule has 4 nitrogen and oxygen atoms in total. The summed E-state index contributed by atoms with van der Waals surface area (Å²) in [6, 6.07) is 6.20. The van der Waals surface area contributed by atoms with Crippen molar-refractivity contribution in [3.8, 4) is 0 Å². The minimum absolute atomic E-state index is 0.154. The monoisotopic (exact) mass is 547 g/mol. The van der Waals surface area contributed by atoms with Crippen LogP contribution in [0, 0.1) is 11.7 Å². The predicted molar refractivity (Wildman–Crippen MR) is 169 cm³/mol. The molecule has 0 unspecified atom stereocenters. The van der Waals surface area contributed by atoms with Gasteiger partial charge in [-0.25, -0.2) is 9.18 Å². The molecule has 0 saturated carbocycles. The molecule has 0 saturated heterocycles. The number of hydrogen-bond acceptors (Lipinski definition) is 2. The summed E-state index contributed by atoms with van der Waals surface area (Å²) in [5.41, 5.74) is 14.6. The van der Waals surface area contributed by atoms with E-state index in [1.807, 2.05) is 30.9 Å². The number of urea groups is 1. The quantitative estimate of drug-likeness (QED) is 0.242. The Balaban J connectivity index is 2.21. The fourth-order valence-electron chi connectivity index (χ4n) is 4.89. The number of hydrogen-bond donors (Lipinski definition) is 2. The molecule has 0 spiro atoms. The summed E-state index contributed by atoms with van der Waals surface area (Å²) in [5, 5.41) is 3.05. The summed E-state index contributed by atoms with van der Waals surface area (Å²) in [5.74, 6) is 0.272. The minimum atomic E-state index is -0.265. The first-order valence-electron chi connectivity index (χ1n) is 14.9. The van der Waals surface area contributed by atoms with Crippen molar-refractivity contribution in [1.82, 2.24) is 10.2 Å². The number of halogens is 1. The fraction of sp³-hybridized carbons (Fsp3) is 0.457. The maximum absolute atomic E-state index is 13.3. The van der Waals surface area contributed by atoms with E-state index in [1.54, 1.807) is 18.2 Å². The van der Waals surface area contributed by atoms with Crippen LogP contribution in [0.15, 0.2) is 88.3 Å². The van der Waals surface area contributed by atoms with E-state index >= 15 is 0 Å². The predicted octanol–water partition coefficient (Wildman–Crippen LogP) is 9.21. The summed E-state index contributed by atoms with van der Waals surface area (Å²) >= 11 is 0. The molecule has 3 N–H and O–H groups in total. The second kappa shape index (κ2) is 16.7. The molecule has 40 heavy (non-hydrogen) atoms. The van der Waals surface area contributed by atoms with Crippen LogP contribution in [-0.2, 0) is 0 Å². The first kappa shape index (κ1) is 32.9. The standard InChI is InChI=1S/C35H50FN3O/c1-8-12-29(13-9-2)30(21-25(5)11-4)22-31-24-39(23-27(31)7)35(40)38-34(14-10-3)33(37)20-15-26(6)28-16-18-32(36)19-17-28/h14-22,29H,8-13,23-24,37H2,1-7H3,(H,38,40)/b25-21-,26-15+,30-22+,33-20+,34-14-. The number of amides is 2. The Morgan fingerprint density at radius 2 is 1.70 bits per heavy atom. The Morgan fingerprint density at radius 1 is 1.05 bits per heavy atom. The number of carbonyl (C=O) groups excluding carboxylic acids is 1. The van der Waals surface area contributed by atoms with Gasteiger partial charge in [0.1, 0.15) is 5.82 Å². The second-order valence-electron chi connectivity index (χ2n) is 10.9. The van der Waals surface area contributed by atoms with E-state index in [4.69, 9.17) is 5.73 Å². The van der Waals surface area contributed by atoms with Crippen molar-refractivity contribution in [3.63, 3.8) is 0 Å². The van der Waals surface area contributed by atoms with Gasteiger partial charge in [0.05, 0.1) is 11.4 Å². The Morgan fingerprint density at radius 3 is 2.27 bits per heavy atom. The molecule has 2 rings (SSSR count). The van der Waals surface area contributed by atoms with Gasteiger partial charge < -0.3 is 16.0 Å². The van der Waals surface area contributed by atoms with E-state index in [-0.39, 0.29) is 11.8 Å². The minimum Gasteiger partial charge on any atom is -0.397 e. The lowest BCUT2D eigenvalue weighted by Gasteiger charge is -2.20. The van der Waals surface area contributed by atoms with Gasteiger partial charge in [-0.05, 0) is 98.4 Å².